The minimum absolute atomic E-state index is 0. The van der Waals surface area contributed by atoms with E-state index in [9.17, 15) is 0 Å². The van der Waals surface area contributed by atoms with Gasteiger partial charge in [-0.25, -0.2) is 0 Å². The summed E-state index contributed by atoms with van der Waals surface area (Å²) < 4.78 is 0. The van der Waals surface area contributed by atoms with Crippen LogP contribution in [0.15, 0.2) is 91.0 Å². The summed E-state index contributed by atoms with van der Waals surface area (Å²) >= 11 is 0. The van der Waals surface area contributed by atoms with E-state index < -0.39 is 0 Å². The smallest absolute Gasteiger partial charge is 0.0342 e. The van der Waals surface area contributed by atoms with Crippen molar-refractivity contribution in [2.24, 2.45) is 11.8 Å². The zero-order valence-corrected chi connectivity index (χ0v) is 21.7. The van der Waals surface area contributed by atoms with Gasteiger partial charge in [-0.15, -0.1) is 0 Å². The van der Waals surface area contributed by atoms with Gasteiger partial charge in [0.1, 0.15) is 0 Å². The van der Waals surface area contributed by atoms with Crippen molar-refractivity contribution in [3.63, 3.8) is 0 Å². The third kappa shape index (κ3) is 8.50. The predicted octanol–water partition coefficient (Wildman–Crippen LogP) is 7.22. The standard InChI is InChI=1S/C32H43N3.CH4/c1-3-21-35(24-29-15-9-5-10-16-29)25-30-20-23-34(22-19-28-13-7-4-8-14-28)26-32(30)27(2)33-31-17-11-6-12-18-31;/h4-18,27,30,32-33H,3,19-26H2,1-2H3;1H4. The second-order valence-electron chi connectivity index (χ2n) is 10.3. The molecule has 3 nitrogen and oxygen atoms in total. The first-order chi connectivity index (χ1) is 17.2. The molecule has 194 valence electrons. The van der Waals surface area contributed by atoms with Gasteiger partial charge in [0.05, 0.1) is 0 Å². The highest BCUT2D eigenvalue weighted by atomic mass is 15.2. The van der Waals surface area contributed by atoms with Crippen molar-refractivity contribution in [3.05, 3.63) is 102 Å². The fraction of sp³-hybridized carbons (Fsp3) is 0.455. The summed E-state index contributed by atoms with van der Waals surface area (Å²) in [5.41, 5.74) is 4.10. The maximum atomic E-state index is 3.85. The van der Waals surface area contributed by atoms with Crippen LogP contribution in [0, 0.1) is 11.8 Å². The third-order valence-electron chi connectivity index (χ3n) is 7.54. The van der Waals surface area contributed by atoms with Crippen molar-refractivity contribution >= 4 is 5.69 Å². The monoisotopic (exact) mass is 485 g/mol. The number of nitrogens with zero attached hydrogens (tertiary/aromatic N) is 2. The van der Waals surface area contributed by atoms with Crippen LogP contribution in [-0.4, -0.2) is 48.6 Å². The summed E-state index contributed by atoms with van der Waals surface area (Å²) in [4.78, 5) is 5.40. The molecule has 1 heterocycles. The molecule has 4 rings (SSSR count). The molecule has 0 spiro atoms. The van der Waals surface area contributed by atoms with Gasteiger partial charge in [0.15, 0.2) is 0 Å². The maximum Gasteiger partial charge on any atom is 0.0342 e. The number of piperidine rings is 1. The second kappa shape index (κ2) is 14.8. The van der Waals surface area contributed by atoms with Crippen molar-refractivity contribution in [1.82, 2.24) is 9.80 Å². The van der Waals surface area contributed by atoms with Crippen molar-refractivity contribution < 1.29 is 0 Å². The highest BCUT2D eigenvalue weighted by Crippen LogP contribution is 2.30. The first-order valence-corrected chi connectivity index (χ1v) is 13.6. The fourth-order valence-corrected chi connectivity index (χ4v) is 5.66. The predicted molar refractivity (Wildman–Crippen MR) is 156 cm³/mol. The largest absolute Gasteiger partial charge is 0.382 e. The Hall–Kier alpha value is -2.62. The number of para-hydroxylation sites is 1. The Morgan fingerprint density at radius 1 is 0.889 bits per heavy atom. The summed E-state index contributed by atoms with van der Waals surface area (Å²) in [5, 5.41) is 3.85. The Morgan fingerprint density at radius 3 is 2.14 bits per heavy atom. The van der Waals surface area contributed by atoms with Gasteiger partial charge in [0.2, 0.25) is 0 Å². The molecular weight excluding hydrogens is 438 g/mol. The van der Waals surface area contributed by atoms with Crippen LogP contribution in [0.25, 0.3) is 0 Å². The van der Waals surface area contributed by atoms with Crippen LogP contribution in [0.1, 0.15) is 45.2 Å². The molecule has 1 fully saturated rings. The van der Waals surface area contributed by atoms with Crippen LogP contribution >= 0.6 is 0 Å². The molecule has 3 aromatic rings. The van der Waals surface area contributed by atoms with E-state index in [4.69, 9.17) is 0 Å². The highest BCUT2D eigenvalue weighted by Gasteiger charge is 2.34. The fourth-order valence-electron chi connectivity index (χ4n) is 5.66. The molecule has 3 heteroatoms. The van der Waals surface area contributed by atoms with Gasteiger partial charge in [-0.1, -0.05) is 93.2 Å². The number of rotatable bonds is 12. The average Bonchev–Trinajstić information content (AvgIpc) is 2.90. The van der Waals surface area contributed by atoms with E-state index in [0.29, 0.717) is 17.9 Å². The maximum absolute atomic E-state index is 3.85. The molecule has 0 amide bonds. The van der Waals surface area contributed by atoms with Gasteiger partial charge in [0, 0.05) is 37.9 Å². The zero-order chi connectivity index (χ0) is 24.3. The Labute approximate surface area is 220 Å². The van der Waals surface area contributed by atoms with E-state index in [2.05, 4.69) is 120 Å². The lowest BCUT2D eigenvalue weighted by atomic mass is 9.80. The second-order valence-corrected chi connectivity index (χ2v) is 10.3. The number of likely N-dealkylation sites (tertiary alicyclic amines) is 1. The van der Waals surface area contributed by atoms with E-state index in [1.165, 1.54) is 49.3 Å². The van der Waals surface area contributed by atoms with E-state index >= 15 is 0 Å². The first-order valence-electron chi connectivity index (χ1n) is 13.6. The first kappa shape index (κ1) is 28.0. The van der Waals surface area contributed by atoms with Crippen LogP contribution in [0.2, 0.25) is 0 Å². The summed E-state index contributed by atoms with van der Waals surface area (Å²) in [6.45, 7) is 11.6. The van der Waals surface area contributed by atoms with Gasteiger partial charge < -0.3 is 10.2 Å². The number of hydrogen-bond acceptors (Lipinski definition) is 3. The van der Waals surface area contributed by atoms with Gasteiger partial charge >= 0.3 is 0 Å². The normalized spacial score (nSPS) is 19.0. The molecule has 36 heavy (non-hydrogen) atoms. The Morgan fingerprint density at radius 2 is 1.50 bits per heavy atom. The summed E-state index contributed by atoms with van der Waals surface area (Å²) in [6.07, 6.45) is 3.61. The topological polar surface area (TPSA) is 18.5 Å². The van der Waals surface area contributed by atoms with E-state index in [1.54, 1.807) is 0 Å². The Balaban J connectivity index is 0.00000361. The molecule has 0 saturated carbocycles. The van der Waals surface area contributed by atoms with Crippen molar-refractivity contribution in [2.75, 3.05) is 38.0 Å². The molecule has 0 aromatic heterocycles. The lowest BCUT2D eigenvalue weighted by Crippen LogP contribution is -2.50. The lowest BCUT2D eigenvalue weighted by Gasteiger charge is -2.43. The number of hydrogen-bond donors (Lipinski definition) is 1. The Kier molecular flexibility index (Phi) is 11.5. The lowest BCUT2D eigenvalue weighted by molar-refractivity contribution is 0.0782. The van der Waals surface area contributed by atoms with Gasteiger partial charge in [0.25, 0.3) is 0 Å². The summed E-state index contributed by atoms with van der Waals surface area (Å²) in [5.74, 6) is 1.32. The minimum Gasteiger partial charge on any atom is -0.382 e. The summed E-state index contributed by atoms with van der Waals surface area (Å²) in [6, 6.07) is 33.1. The molecule has 1 aliphatic heterocycles. The quantitative estimate of drug-likeness (QED) is 0.292. The SMILES string of the molecule is C.CCCN(Cc1ccccc1)CC1CCN(CCc2ccccc2)CC1C(C)Nc1ccccc1. The molecule has 1 saturated heterocycles. The average molecular weight is 486 g/mol. The number of nitrogens with one attached hydrogen (secondary N) is 1. The van der Waals surface area contributed by atoms with Crippen LogP contribution in [-0.2, 0) is 13.0 Å². The molecule has 0 radical (unpaired) electrons. The summed E-state index contributed by atoms with van der Waals surface area (Å²) in [7, 11) is 0. The Bertz CT molecular complexity index is 960. The third-order valence-corrected chi connectivity index (χ3v) is 7.54. The van der Waals surface area contributed by atoms with Crippen LogP contribution in [0.3, 0.4) is 0 Å². The highest BCUT2D eigenvalue weighted by molar-refractivity contribution is 5.43. The number of benzene rings is 3. The molecule has 0 aliphatic carbocycles. The van der Waals surface area contributed by atoms with E-state index in [1.807, 2.05) is 0 Å². The van der Waals surface area contributed by atoms with E-state index in [-0.39, 0.29) is 7.43 Å². The van der Waals surface area contributed by atoms with Crippen LogP contribution in [0.5, 0.6) is 0 Å². The van der Waals surface area contributed by atoms with E-state index in [0.717, 1.165) is 26.1 Å². The molecule has 3 atom stereocenters. The van der Waals surface area contributed by atoms with Crippen molar-refractivity contribution in [2.45, 2.75) is 53.1 Å². The molecule has 3 unspecified atom stereocenters. The molecule has 3 aromatic carbocycles. The van der Waals surface area contributed by atoms with Gasteiger partial charge in [-0.3, -0.25) is 4.90 Å². The van der Waals surface area contributed by atoms with Crippen LogP contribution < -0.4 is 5.32 Å². The minimum atomic E-state index is 0. The van der Waals surface area contributed by atoms with Crippen molar-refractivity contribution in [3.8, 4) is 0 Å². The van der Waals surface area contributed by atoms with Gasteiger partial charge in [-0.2, -0.15) is 0 Å². The molecule has 0 bridgehead atoms. The zero-order valence-electron chi connectivity index (χ0n) is 21.7. The molecule has 1 N–H and O–H groups in total. The molecular formula is C33H47N3. The number of anilines is 1. The van der Waals surface area contributed by atoms with Crippen molar-refractivity contribution in [1.29, 1.82) is 0 Å². The van der Waals surface area contributed by atoms with Gasteiger partial charge in [-0.05, 0) is 74.4 Å². The van der Waals surface area contributed by atoms with Crippen LogP contribution in [0.4, 0.5) is 5.69 Å². The molecule has 1 aliphatic rings.